The van der Waals surface area contributed by atoms with Gasteiger partial charge in [-0.25, -0.2) is 0 Å². The monoisotopic (exact) mass is 358 g/mol. The minimum atomic E-state index is -0.410. The fourth-order valence-electron chi connectivity index (χ4n) is 3.16. The van der Waals surface area contributed by atoms with E-state index in [1.165, 1.54) is 12.3 Å². The van der Waals surface area contributed by atoms with Crippen LogP contribution in [0.2, 0.25) is 0 Å². The highest BCUT2D eigenvalue weighted by atomic mass is 16.3. The molecule has 0 unspecified atom stereocenters. The molecular weight excluding hydrogens is 332 g/mol. The van der Waals surface area contributed by atoms with Gasteiger partial charge in [-0.2, -0.15) is 0 Å². The minimum absolute atomic E-state index is 0.122. The lowest BCUT2D eigenvalue weighted by Crippen LogP contribution is -2.46. The summed E-state index contributed by atoms with van der Waals surface area (Å²) in [6, 6.07) is 6.72. The number of pyridine rings is 1. The van der Waals surface area contributed by atoms with Crippen molar-refractivity contribution in [2.45, 2.75) is 13.3 Å². The van der Waals surface area contributed by atoms with E-state index in [1.807, 2.05) is 0 Å². The van der Waals surface area contributed by atoms with Gasteiger partial charge in [0.25, 0.3) is 11.5 Å². The first kappa shape index (κ1) is 18.4. The molecule has 7 heteroatoms. The van der Waals surface area contributed by atoms with Crippen molar-refractivity contribution in [3.8, 4) is 11.5 Å². The third kappa shape index (κ3) is 4.62. The summed E-state index contributed by atoms with van der Waals surface area (Å²) in [6.45, 7) is 9.20. The van der Waals surface area contributed by atoms with E-state index >= 15 is 0 Å². The second-order valence-electron chi connectivity index (χ2n) is 6.48. The van der Waals surface area contributed by atoms with E-state index in [0.717, 1.165) is 45.7 Å². The number of hydrogen-bond donors (Lipinski definition) is 2. The number of aromatic amines is 1. The summed E-state index contributed by atoms with van der Waals surface area (Å²) in [5.74, 6) is 0.227. The molecule has 7 nitrogen and oxygen atoms in total. The maximum atomic E-state index is 12.2. The van der Waals surface area contributed by atoms with E-state index in [1.54, 1.807) is 18.2 Å². The molecule has 1 fully saturated rings. The van der Waals surface area contributed by atoms with Gasteiger partial charge < -0.3 is 24.5 Å². The van der Waals surface area contributed by atoms with Gasteiger partial charge in [-0.3, -0.25) is 9.59 Å². The van der Waals surface area contributed by atoms with Crippen LogP contribution in [0.25, 0.3) is 11.5 Å². The van der Waals surface area contributed by atoms with Crippen LogP contribution in [0.4, 0.5) is 0 Å². The number of likely N-dealkylation sites (N-methyl/N-ethyl adjacent to an activating group) is 1. The highest BCUT2D eigenvalue weighted by molar-refractivity contribution is 5.93. The second kappa shape index (κ2) is 8.82. The van der Waals surface area contributed by atoms with Gasteiger partial charge in [-0.15, -0.1) is 0 Å². The number of H-pyrrole nitrogens is 1. The Labute approximate surface area is 153 Å². The summed E-state index contributed by atoms with van der Waals surface area (Å²) >= 11 is 0. The van der Waals surface area contributed by atoms with Gasteiger partial charge in [0, 0.05) is 32.7 Å². The molecule has 1 aliphatic heterocycles. The number of hydrogen-bond acceptors (Lipinski definition) is 5. The van der Waals surface area contributed by atoms with Gasteiger partial charge in [0.05, 0.1) is 12.0 Å². The Hall–Kier alpha value is -2.38. The van der Waals surface area contributed by atoms with Gasteiger partial charge in [-0.1, -0.05) is 6.92 Å². The van der Waals surface area contributed by atoms with E-state index in [-0.39, 0.29) is 11.5 Å². The van der Waals surface area contributed by atoms with Crippen LogP contribution in [0.3, 0.4) is 0 Å². The molecule has 3 rings (SSSR count). The third-order valence-corrected chi connectivity index (χ3v) is 4.79. The van der Waals surface area contributed by atoms with Crippen LogP contribution in [-0.4, -0.2) is 66.5 Å². The molecule has 2 N–H and O–H groups in total. The minimum Gasteiger partial charge on any atom is -0.463 e. The summed E-state index contributed by atoms with van der Waals surface area (Å²) in [7, 11) is 0. The van der Waals surface area contributed by atoms with Gasteiger partial charge in [0.1, 0.15) is 11.3 Å². The van der Waals surface area contributed by atoms with Crippen molar-refractivity contribution in [1.29, 1.82) is 0 Å². The average molecular weight is 358 g/mol. The van der Waals surface area contributed by atoms with E-state index in [2.05, 4.69) is 27.0 Å². The Morgan fingerprint density at radius 2 is 1.96 bits per heavy atom. The lowest BCUT2D eigenvalue weighted by Gasteiger charge is -2.33. The normalized spacial score (nSPS) is 15.9. The second-order valence-corrected chi connectivity index (χ2v) is 6.48. The van der Waals surface area contributed by atoms with Crippen molar-refractivity contribution in [1.82, 2.24) is 20.1 Å². The molecule has 1 amide bonds. The Morgan fingerprint density at radius 3 is 2.62 bits per heavy atom. The zero-order valence-corrected chi connectivity index (χ0v) is 15.2. The number of amides is 1. The van der Waals surface area contributed by atoms with E-state index in [9.17, 15) is 9.59 Å². The number of nitrogens with zero attached hydrogens (tertiary/aromatic N) is 2. The van der Waals surface area contributed by atoms with Gasteiger partial charge in [0.2, 0.25) is 0 Å². The SMILES string of the molecule is CCN1CCN(CCCNC(=O)c2ccc(-c3ccco3)[nH]c2=O)CC1. The lowest BCUT2D eigenvalue weighted by molar-refractivity contribution is 0.0946. The molecule has 0 bridgehead atoms. The first-order valence-electron chi connectivity index (χ1n) is 9.17. The predicted molar refractivity (Wildman–Crippen MR) is 100 cm³/mol. The first-order chi connectivity index (χ1) is 12.7. The van der Waals surface area contributed by atoms with Crippen molar-refractivity contribution in [2.24, 2.45) is 0 Å². The van der Waals surface area contributed by atoms with Crippen LogP contribution >= 0.6 is 0 Å². The topological polar surface area (TPSA) is 81.6 Å². The molecular formula is C19H26N4O3. The predicted octanol–water partition coefficient (Wildman–Crippen LogP) is 1.39. The van der Waals surface area contributed by atoms with Gasteiger partial charge in [-0.05, 0) is 43.8 Å². The first-order valence-corrected chi connectivity index (χ1v) is 9.17. The van der Waals surface area contributed by atoms with Gasteiger partial charge >= 0.3 is 0 Å². The summed E-state index contributed by atoms with van der Waals surface area (Å²) in [4.78, 5) is 31.9. The number of piperazine rings is 1. The maximum absolute atomic E-state index is 12.2. The van der Waals surface area contributed by atoms with Crippen LogP contribution in [0, 0.1) is 0 Å². The highest BCUT2D eigenvalue weighted by Gasteiger charge is 2.15. The smallest absolute Gasteiger partial charge is 0.261 e. The number of nitrogens with one attached hydrogen (secondary N) is 2. The standard InChI is InChI=1S/C19H26N4O3/c1-2-22-10-12-23(13-11-22)9-4-8-20-18(24)15-6-7-16(21-19(15)25)17-5-3-14-26-17/h3,5-7,14H,2,4,8-13H2,1H3,(H,20,24)(H,21,25). The zero-order valence-electron chi connectivity index (χ0n) is 15.2. The molecule has 0 saturated carbocycles. The molecule has 2 aromatic heterocycles. The highest BCUT2D eigenvalue weighted by Crippen LogP contribution is 2.15. The Bertz CT molecular complexity index is 761. The quantitative estimate of drug-likeness (QED) is 0.731. The summed E-state index contributed by atoms with van der Waals surface area (Å²) in [6.07, 6.45) is 2.41. The van der Waals surface area contributed by atoms with Crippen LogP contribution < -0.4 is 10.9 Å². The van der Waals surface area contributed by atoms with E-state index in [4.69, 9.17) is 4.42 Å². The Kier molecular flexibility index (Phi) is 6.25. The summed E-state index contributed by atoms with van der Waals surface area (Å²) < 4.78 is 5.25. The molecule has 0 radical (unpaired) electrons. The molecule has 140 valence electrons. The molecule has 1 saturated heterocycles. The molecule has 0 atom stereocenters. The van der Waals surface area contributed by atoms with Crippen LogP contribution in [-0.2, 0) is 0 Å². The summed E-state index contributed by atoms with van der Waals surface area (Å²) in [5, 5.41) is 2.83. The molecule has 3 heterocycles. The lowest BCUT2D eigenvalue weighted by atomic mass is 10.2. The summed E-state index contributed by atoms with van der Waals surface area (Å²) in [5.41, 5.74) is 0.270. The van der Waals surface area contributed by atoms with Crippen LogP contribution in [0.5, 0.6) is 0 Å². The number of carbonyl (C=O) groups excluding carboxylic acids is 1. The zero-order chi connectivity index (χ0) is 18.4. The average Bonchev–Trinajstić information content (AvgIpc) is 3.20. The molecule has 0 aliphatic carbocycles. The largest absolute Gasteiger partial charge is 0.463 e. The molecule has 2 aromatic rings. The van der Waals surface area contributed by atoms with E-state index in [0.29, 0.717) is 18.0 Å². The van der Waals surface area contributed by atoms with Crippen molar-refractivity contribution < 1.29 is 9.21 Å². The third-order valence-electron chi connectivity index (χ3n) is 4.79. The molecule has 0 aromatic carbocycles. The Balaban J connectivity index is 1.44. The van der Waals surface area contributed by atoms with Crippen molar-refractivity contribution in [3.63, 3.8) is 0 Å². The fourth-order valence-corrected chi connectivity index (χ4v) is 3.16. The number of aromatic nitrogens is 1. The number of carbonyl (C=O) groups is 1. The number of furan rings is 1. The van der Waals surface area contributed by atoms with Crippen molar-refractivity contribution >= 4 is 5.91 Å². The van der Waals surface area contributed by atoms with Crippen LogP contribution in [0.1, 0.15) is 23.7 Å². The van der Waals surface area contributed by atoms with Crippen molar-refractivity contribution in [3.05, 3.63) is 46.4 Å². The Morgan fingerprint density at radius 1 is 1.19 bits per heavy atom. The fraction of sp³-hybridized carbons (Fsp3) is 0.474. The van der Waals surface area contributed by atoms with Crippen LogP contribution in [0.15, 0.2) is 39.7 Å². The number of rotatable bonds is 7. The molecule has 1 aliphatic rings. The van der Waals surface area contributed by atoms with Gasteiger partial charge in [0.15, 0.2) is 0 Å². The molecule has 26 heavy (non-hydrogen) atoms. The van der Waals surface area contributed by atoms with E-state index < -0.39 is 5.56 Å². The maximum Gasteiger partial charge on any atom is 0.261 e. The van der Waals surface area contributed by atoms with Crippen molar-refractivity contribution in [2.75, 3.05) is 45.8 Å². The molecule has 0 spiro atoms.